The number of allylic oxidation sites excluding steroid dienone is 1. The molecule has 8 aliphatic rings. The summed E-state index contributed by atoms with van der Waals surface area (Å²) in [4.78, 5) is 172. The standard InChI is InChI=1S/C21H27NO5.C20H25NO6.C18H23NO5.C16H19NO4.C13H20N2O3.C10H11NO2.C6H10O3.2ClH.Li/c1-3-7-17(10-11-21(2)26-12-13-27-21)19(23)22-18(15-25-20(22)24)14-16-8-5-4-6-9-16;1-20(26-11-12-27-20)9-7-16(8-10-22)18(23)21-17(14-25-19(21)24)13-15-5-3-2-4-6-15;1-18(23-10-11-24-18)9-5-8-16(20)19-15(13-22-17(19)21)12-14-6-3-2-4-7-14;1-12(18)6-5-9-15(19)17-14(11-21-16(17)20)10-13-7-3-2-4-8-13;1-17-12-6-5-11(9-15-12)10(4-3-7-14)8-13(16)18-2;12-10-11-9(7-13-10)6-8-4-2-1-3-5-8;1-5(7)3-2-4-6(8)9;;;/h3-6,8-9,17-18H,1,7,10-15H2,2H3;2-6,10,16-17H,7-9,11-14H2,1H3;2-4,6-7,15H,5,8-13H2,1H3;2-4,7-8,14H,5-6,9-11H2,1H3;5-6,9-10H,3-4,7-8,14H2,1-2H3;1-5,9H,6-7H2,(H,11,12);2-4H2,1H3,(H,8,9);2*1H;/q;;;;;;;;;+1/p-1/t17-,18-;16-,17+;15-;14-;;9-;;;;/m0100.0..../s1. The fourth-order valence-electron chi connectivity index (χ4n) is 16.5. The van der Waals surface area contributed by atoms with Gasteiger partial charge in [-0.3, -0.25) is 33.6 Å². The minimum atomic E-state index is -0.837. The van der Waals surface area contributed by atoms with E-state index < -0.39 is 59.7 Å². The van der Waals surface area contributed by atoms with Crippen molar-refractivity contribution >= 4 is 109 Å². The molecular formula is C104H136Cl2LiN7O28. The van der Waals surface area contributed by atoms with Crippen LogP contribution in [0.2, 0.25) is 0 Å². The number of Topliss-reactive ketones (excluding diaryl/α,β-unsaturated/α-hetero) is 2. The summed E-state index contributed by atoms with van der Waals surface area (Å²) in [6.07, 6.45) is 12.6. The number of carbonyl (C=O) groups excluding carboxylic acids is 13. The average molecular weight is 2010 g/mol. The monoisotopic (exact) mass is 2010 g/mol. The number of aromatic nitrogens is 1. The van der Waals surface area contributed by atoms with Crippen molar-refractivity contribution < 1.29 is 153 Å². The van der Waals surface area contributed by atoms with Gasteiger partial charge in [-0.05, 0) is 164 Å². The molecule has 6 aromatic rings. The number of nitrogens with zero attached hydrogens (tertiary/aromatic N) is 6. The number of esters is 1. The van der Waals surface area contributed by atoms with Gasteiger partial charge < -0.3 is 92.1 Å². The first-order chi connectivity index (χ1) is 66.9. The predicted octanol–water partition coefficient (Wildman–Crippen LogP) is 12.8. The molecule has 770 valence electrons. The van der Waals surface area contributed by atoms with Crippen molar-refractivity contribution in [1.29, 1.82) is 0 Å². The Bertz CT molecular complexity index is 4760. The van der Waals surface area contributed by atoms with Gasteiger partial charge in [0.15, 0.2) is 17.4 Å². The van der Waals surface area contributed by atoms with Crippen LogP contribution in [0.15, 0.2) is 183 Å². The summed E-state index contributed by atoms with van der Waals surface area (Å²) in [6.45, 7) is 17.5. The number of hydrogen-bond acceptors (Lipinski definition) is 29. The van der Waals surface area contributed by atoms with Crippen LogP contribution in [0, 0.1) is 11.8 Å². The van der Waals surface area contributed by atoms with E-state index in [9.17, 15) is 67.1 Å². The molecule has 1 aromatic heterocycles. The fraction of sp³-hybridized carbons (Fsp3) is 0.510. The number of carbonyl (C=O) groups is 14. The minimum absolute atomic E-state index is 0. The van der Waals surface area contributed by atoms with Crippen molar-refractivity contribution in [3.8, 4) is 5.88 Å². The maximum Gasteiger partial charge on any atom is 1.00 e. The number of aldehydes is 1. The van der Waals surface area contributed by atoms with Crippen LogP contribution in [0.5, 0.6) is 5.88 Å². The second kappa shape index (κ2) is 64.3. The van der Waals surface area contributed by atoms with E-state index in [0.29, 0.717) is 161 Å². The summed E-state index contributed by atoms with van der Waals surface area (Å²) < 4.78 is 68.3. The number of halogens is 2. The molecule has 0 bridgehead atoms. The normalized spacial score (nSPS) is 19.0. The maximum absolute atomic E-state index is 13.2. The molecule has 8 saturated heterocycles. The Kier molecular flexibility index (Phi) is 54.9. The molecule has 14 rings (SSSR count). The van der Waals surface area contributed by atoms with E-state index in [1.165, 1.54) is 46.1 Å². The zero-order valence-electron chi connectivity index (χ0n) is 82.4. The third-order valence-electron chi connectivity index (χ3n) is 23.9. The van der Waals surface area contributed by atoms with E-state index in [1.54, 1.807) is 25.4 Å². The average Bonchev–Trinajstić information content (AvgIpc) is 1.68. The summed E-state index contributed by atoms with van der Waals surface area (Å²) in [6, 6.07) is 51.5. The molecule has 9 heterocycles. The van der Waals surface area contributed by atoms with Gasteiger partial charge in [0.1, 0.15) is 44.3 Å². The Morgan fingerprint density at radius 3 is 1.16 bits per heavy atom. The van der Waals surface area contributed by atoms with Crippen LogP contribution < -0.4 is 29.3 Å². The van der Waals surface area contributed by atoms with E-state index in [-0.39, 0.29) is 179 Å². The van der Waals surface area contributed by atoms with Gasteiger partial charge in [0.05, 0.1) is 91.1 Å². The molecule has 0 saturated carbocycles. The number of carboxylic acids is 1. The van der Waals surface area contributed by atoms with Crippen LogP contribution in [-0.2, 0) is 132 Å². The van der Waals surface area contributed by atoms with Gasteiger partial charge in [0.2, 0.25) is 35.6 Å². The quantitative estimate of drug-likeness (QED) is 0.0118. The van der Waals surface area contributed by atoms with Crippen molar-refractivity contribution in [3.05, 3.63) is 221 Å². The van der Waals surface area contributed by atoms with Crippen molar-refractivity contribution in [2.45, 2.75) is 236 Å². The molecule has 0 spiro atoms. The summed E-state index contributed by atoms with van der Waals surface area (Å²) in [5, 5.41) is 11.9. The van der Waals surface area contributed by atoms with Crippen LogP contribution >= 0.6 is 24.8 Å². The first-order valence-corrected chi connectivity index (χ1v) is 47.3. The first kappa shape index (κ1) is 121. The minimum Gasteiger partial charge on any atom is -0.612 e. The number of nitrogens with two attached hydrogens (primary N) is 1. The number of aliphatic carboxylic acids is 1. The molecule has 5 aromatic carbocycles. The number of benzene rings is 5. The number of carboxylic acid groups (broad SMARTS) is 1. The SMILES string of the molecule is C=CC[C@@H](CCC1(C)OCCO1)C(=O)N1C(=O)OC[C@@H]1Cc1ccccc1.CC(=O)CCCC(=O)N1C(=O)OC[C@@H]1Cc1ccccc1.CC(=O)CCCC(=O)O.CC1(CCCC(=O)N2C(=O)OC[C@@H]2Cc2ccccc2)OCCO1.CC1(CC[C@H](CC=O)C(=O)N2C(=O)OC[C@@H]2Cc2ccccc2)OCCO1.COC(=O)CC(CCCN)c1ccc(OC)nc1.Cl.Cl.O=C1[N-][C@@H](Cc2ccccc2)CO1.[Li+]. The van der Waals surface area contributed by atoms with E-state index in [1.807, 2.05) is 178 Å². The number of pyridine rings is 1. The van der Waals surface area contributed by atoms with Gasteiger partial charge in [-0.1, -0.05) is 170 Å². The summed E-state index contributed by atoms with van der Waals surface area (Å²) in [5.74, 6) is -4.28. The number of methoxy groups -OCH3 is 2. The van der Waals surface area contributed by atoms with Crippen LogP contribution in [0.3, 0.4) is 0 Å². The second-order valence-corrected chi connectivity index (χ2v) is 35.0. The van der Waals surface area contributed by atoms with Gasteiger partial charge >= 0.3 is 55.2 Å². The Morgan fingerprint density at radius 1 is 0.472 bits per heavy atom. The number of rotatable bonds is 41. The van der Waals surface area contributed by atoms with Gasteiger partial charge in [-0.25, -0.2) is 43.8 Å². The third kappa shape index (κ3) is 41.9. The number of amides is 9. The molecule has 8 aliphatic heterocycles. The molecule has 3 N–H and O–H groups in total. The summed E-state index contributed by atoms with van der Waals surface area (Å²) in [7, 11) is 2.97. The van der Waals surface area contributed by atoms with Crippen molar-refractivity contribution in [1.82, 2.24) is 24.6 Å². The molecule has 142 heavy (non-hydrogen) atoms. The molecule has 8 fully saturated rings. The van der Waals surface area contributed by atoms with E-state index in [2.05, 4.69) is 16.9 Å². The van der Waals surface area contributed by atoms with Gasteiger partial charge in [-0.2, -0.15) is 0 Å². The zero-order valence-corrected chi connectivity index (χ0v) is 84.1. The van der Waals surface area contributed by atoms with E-state index in [0.717, 1.165) is 53.4 Å². The van der Waals surface area contributed by atoms with Crippen LogP contribution in [-0.4, -0.2) is 255 Å². The molecule has 38 heteroatoms. The van der Waals surface area contributed by atoms with Gasteiger partial charge in [0.25, 0.3) is 0 Å². The number of imide groups is 4. The second-order valence-electron chi connectivity index (χ2n) is 35.0. The molecular weight excluding hydrogens is 1870 g/mol. The van der Waals surface area contributed by atoms with Crippen LogP contribution in [0.25, 0.3) is 5.32 Å². The Balaban J connectivity index is 0.000000297. The van der Waals surface area contributed by atoms with Gasteiger partial charge in [-0.15, -0.1) is 31.4 Å². The smallest absolute Gasteiger partial charge is 0.612 e. The van der Waals surface area contributed by atoms with Crippen molar-refractivity contribution in [3.63, 3.8) is 0 Å². The Hall–Kier alpha value is -11.3. The van der Waals surface area contributed by atoms with E-state index >= 15 is 0 Å². The Morgan fingerprint density at radius 2 is 0.831 bits per heavy atom. The summed E-state index contributed by atoms with van der Waals surface area (Å²) in [5.41, 5.74) is 11.9. The molecule has 9 amide bonds. The third-order valence-corrected chi connectivity index (χ3v) is 23.9. The first-order valence-electron chi connectivity index (χ1n) is 47.3. The molecule has 0 aliphatic carbocycles. The maximum atomic E-state index is 13.2. The molecule has 1 unspecified atom stereocenters. The van der Waals surface area contributed by atoms with Gasteiger partial charge in [0, 0.05) is 81.9 Å². The van der Waals surface area contributed by atoms with Crippen molar-refractivity contribution in [2.75, 3.05) is 93.4 Å². The van der Waals surface area contributed by atoms with Crippen molar-refractivity contribution in [2.24, 2.45) is 17.6 Å². The Labute approximate surface area is 854 Å². The molecule has 8 atom stereocenters. The number of hydrogen-bond donors (Lipinski definition) is 2. The summed E-state index contributed by atoms with van der Waals surface area (Å²) >= 11 is 0. The zero-order chi connectivity index (χ0) is 101. The fourth-order valence-corrected chi connectivity index (χ4v) is 16.5. The van der Waals surface area contributed by atoms with E-state index in [4.69, 9.17) is 72.4 Å². The predicted molar refractivity (Wildman–Crippen MR) is 523 cm³/mol. The van der Waals surface area contributed by atoms with Crippen LogP contribution in [0.1, 0.15) is 189 Å². The number of ether oxygens (including phenoxy) is 13. The molecule has 35 nitrogen and oxygen atoms in total. The number of cyclic esters (lactones) is 5. The topological polar surface area (TPSA) is 445 Å². The van der Waals surface area contributed by atoms with Crippen LogP contribution in [0.4, 0.5) is 24.0 Å². The number of ketones is 2. The molecule has 0 radical (unpaired) electrons. The largest absolute Gasteiger partial charge is 1.00 e.